The summed E-state index contributed by atoms with van der Waals surface area (Å²) < 4.78 is 16.0. The Balaban J connectivity index is 1.65. The third-order valence-corrected chi connectivity index (χ3v) is 4.80. The fraction of sp³-hybridized carbons (Fsp3) is 0.250. The first-order valence-corrected chi connectivity index (χ1v) is 9.66. The predicted octanol–water partition coefficient (Wildman–Crippen LogP) is 3.86. The second-order valence-corrected chi connectivity index (χ2v) is 6.64. The summed E-state index contributed by atoms with van der Waals surface area (Å²) in [6.07, 6.45) is 0. The molecule has 0 saturated carbocycles. The first kappa shape index (κ1) is 19.8. The molecule has 1 aromatic heterocycles. The topological polar surface area (TPSA) is 86.3 Å². The van der Waals surface area contributed by atoms with Crippen LogP contribution in [0, 0.1) is 0 Å². The molecule has 2 aromatic carbocycles. The summed E-state index contributed by atoms with van der Waals surface area (Å²) >= 11 is 1.27. The molecule has 0 spiro atoms. The number of hydrogen-bond donors (Lipinski definition) is 1. The van der Waals surface area contributed by atoms with Crippen LogP contribution in [0.2, 0.25) is 0 Å². The van der Waals surface area contributed by atoms with Gasteiger partial charge < -0.3 is 14.2 Å². The first-order valence-electron chi connectivity index (χ1n) is 8.68. The molecule has 0 bridgehead atoms. The monoisotopic (exact) mass is 399 g/mol. The third-order valence-electron chi connectivity index (χ3n) is 3.95. The van der Waals surface area contributed by atoms with Gasteiger partial charge in [0, 0.05) is 11.6 Å². The number of thioether (sulfide) groups is 1. The van der Waals surface area contributed by atoms with E-state index >= 15 is 0 Å². The number of methoxy groups -OCH3 is 2. The van der Waals surface area contributed by atoms with Gasteiger partial charge >= 0.3 is 0 Å². The van der Waals surface area contributed by atoms with Crippen molar-refractivity contribution in [1.82, 2.24) is 15.2 Å². The van der Waals surface area contributed by atoms with Crippen molar-refractivity contribution < 1.29 is 19.0 Å². The van der Waals surface area contributed by atoms with Gasteiger partial charge in [-0.2, -0.15) is 0 Å². The van der Waals surface area contributed by atoms with Crippen LogP contribution in [0.25, 0.3) is 11.4 Å². The Kier molecular flexibility index (Phi) is 6.54. The molecule has 1 heterocycles. The highest BCUT2D eigenvalue weighted by molar-refractivity contribution is 7.99. The molecule has 3 aromatic rings. The molecule has 0 amide bonds. The molecule has 28 heavy (non-hydrogen) atoms. The highest BCUT2D eigenvalue weighted by Crippen LogP contribution is 2.32. The van der Waals surface area contributed by atoms with Crippen molar-refractivity contribution in [3.63, 3.8) is 0 Å². The first-order chi connectivity index (χ1) is 13.6. The number of carbonyl (C=O) groups is 1. The van der Waals surface area contributed by atoms with Crippen LogP contribution in [0.3, 0.4) is 0 Å². The molecule has 3 rings (SSSR count). The standard InChI is InChI=1S/C20H21N3O4S/c1-4-27-14-7-5-13(6-8-14)17(24)12-28-20-21-19(22-23-20)16-10-9-15(25-2)11-18(16)26-3/h5-11H,4,12H2,1-3H3,(H,21,22,23). The van der Waals surface area contributed by atoms with Gasteiger partial charge in [0.15, 0.2) is 11.6 Å². The molecule has 0 unspecified atom stereocenters. The van der Waals surface area contributed by atoms with E-state index < -0.39 is 0 Å². The SMILES string of the molecule is CCOc1ccc(C(=O)CSc2n[nH]c(-c3ccc(OC)cc3OC)n2)cc1. The van der Waals surface area contributed by atoms with Crippen molar-refractivity contribution in [3.8, 4) is 28.6 Å². The zero-order valence-electron chi connectivity index (χ0n) is 15.9. The number of nitrogens with zero attached hydrogens (tertiary/aromatic N) is 2. The maximum absolute atomic E-state index is 12.4. The summed E-state index contributed by atoms with van der Waals surface area (Å²) in [6, 6.07) is 12.6. The Hall–Kier alpha value is -3.00. The van der Waals surface area contributed by atoms with Gasteiger partial charge in [-0.1, -0.05) is 11.8 Å². The lowest BCUT2D eigenvalue weighted by Gasteiger charge is -2.07. The van der Waals surface area contributed by atoms with E-state index in [0.29, 0.717) is 34.7 Å². The predicted molar refractivity (Wildman–Crippen MR) is 108 cm³/mol. The second-order valence-electron chi connectivity index (χ2n) is 5.70. The minimum absolute atomic E-state index is 0.00132. The highest BCUT2D eigenvalue weighted by atomic mass is 32.2. The molecular formula is C20H21N3O4S. The average molecular weight is 399 g/mol. The summed E-state index contributed by atoms with van der Waals surface area (Å²) in [7, 11) is 3.18. The van der Waals surface area contributed by atoms with E-state index in [1.54, 1.807) is 44.6 Å². The van der Waals surface area contributed by atoms with Crippen LogP contribution >= 0.6 is 11.8 Å². The number of aromatic amines is 1. The van der Waals surface area contributed by atoms with Crippen molar-refractivity contribution in [1.29, 1.82) is 0 Å². The normalized spacial score (nSPS) is 10.5. The van der Waals surface area contributed by atoms with Crippen LogP contribution in [0.5, 0.6) is 17.2 Å². The number of carbonyl (C=O) groups excluding carboxylic acids is 1. The number of hydrogen-bond acceptors (Lipinski definition) is 7. The van der Waals surface area contributed by atoms with Crippen molar-refractivity contribution in [2.45, 2.75) is 12.1 Å². The lowest BCUT2D eigenvalue weighted by Crippen LogP contribution is -2.02. The van der Waals surface area contributed by atoms with Gasteiger partial charge in [-0.15, -0.1) is 5.10 Å². The van der Waals surface area contributed by atoms with Gasteiger partial charge in [-0.25, -0.2) is 4.98 Å². The van der Waals surface area contributed by atoms with Gasteiger partial charge in [-0.3, -0.25) is 9.89 Å². The number of Topliss-reactive ketones (excluding diaryl/α,β-unsaturated/α-hetero) is 1. The molecule has 0 aliphatic rings. The van der Waals surface area contributed by atoms with Crippen LogP contribution in [0.1, 0.15) is 17.3 Å². The zero-order valence-corrected chi connectivity index (χ0v) is 16.7. The van der Waals surface area contributed by atoms with E-state index in [0.717, 1.165) is 11.3 Å². The Labute approximate surface area is 167 Å². The molecule has 7 nitrogen and oxygen atoms in total. The van der Waals surface area contributed by atoms with E-state index in [1.807, 2.05) is 19.1 Å². The molecule has 0 atom stereocenters. The second kappa shape index (κ2) is 9.27. The number of nitrogens with one attached hydrogen (secondary N) is 1. The van der Waals surface area contributed by atoms with E-state index in [9.17, 15) is 4.79 Å². The molecule has 146 valence electrons. The Morgan fingerprint density at radius 3 is 2.50 bits per heavy atom. The maximum atomic E-state index is 12.4. The number of benzene rings is 2. The Morgan fingerprint density at radius 1 is 1.07 bits per heavy atom. The van der Waals surface area contributed by atoms with E-state index in [1.165, 1.54) is 11.8 Å². The van der Waals surface area contributed by atoms with Crippen molar-refractivity contribution in [2.24, 2.45) is 0 Å². The minimum atomic E-state index is 0.00132. The highest BCUT2D eigenvalue weighted by Gasteiger charge is 2.14. The molecule has 0 radical (unpaired) electrons. The van der Waals surface area contributed by atoms with Crippen LogP contribution in [-0.4, -0.2) is 47.5 Å². The largest absolute Gasteiger partial charge is 0.497 e. The lowest BCUT2D eigenvalue weighted by atomic mass is 10.1. The van der Waals surface area contributed by atoms with Gasteiger partial charge in [0.05, 0.1) is 32.1 Å². The molecule has 0 aliphatic heterocycles. The van der Waals surface area contributed by atoms with Crippen molar-refractivity contribution in [3.05, 3.63) is 48.0 Å². The summed E-state index contributed by atoms with van der Waals surface area (Å²) in [5.41, 5.74) is 1.39. The fourth-order valence-electron chi connectivity index (χ4n) is 2.54. The average Bonchev–Trinajstić information content (AvgIpc) is 3.21. The van der Waals surface area contributed by atoms with Crippen LogP contribution < -0.4 is 14.2 Å². The minimum Gasteiger partial charge on any atom is -0.497 e. The molecule has 0 aliphatic carbocycles. The van der Waals surface area contributed by atoms with Gasteiger partial charge in [0.25, 0.3) is 0 Å². The van der Waals surface area contributed by atoms with Gasteiger partial charge in [0.2, 0.25) is 5.16 Å². The number of rotatable bonds is 9. The molecule has 0 saturated heterocycles. The number of ether oxygens (including phenoxy) is 3. The van der Waals surface area contributed by atoms with Crippen LogP contribution in [0.4, 0.5) is 0 Å². The van der Waals surface area contributed by atoms with E-state index in [-0.39, 0.29) is 11.5 Å². The summed E-state index contributed by atoms with van der Waals surface area (Å²) in [5.74, 6) is 2.87. The summed E-state index contributed by atoms with van der Waals surface area (Å²) in [5, 5.41) is 7.56. The molecular weight excluding hydrogens is 378 g/mol. The van der Waals surface area contributed by atoms with Crippen molar-refractivity contribution in [2.75, 3.05) is 26.6 Å². The maximum Gasteiger partial charge on any atom is 0.209 e. The number of ketones is 1. The van der Waals surface area contributed by atoms with Crippen molar-refractivity contribution >= 4 is 17.5 Å². The zero-order chi connectivity index (χ0) is 19.9. The number of aromatic nitrogens is 3. The Bertz CT molecular complexity index is 941. The smallest absolute Gasteiger partial charge is 0.209 e. The van der Waals surface area contributed by atoms with E-state index in [2.05, 4.69) is 15.2 Å². The lowest BCUT2D eigenvalue weighted by molar-refractivity contribution is 0.102. The quantitative estimate of drug-likeness (QED) is 0.432. The summed E-state index contributed by atoms with van der Waals surface area (Å²) in [4.78, 5) is 16.8. The van der Waals surface area contributed by atoms with Crippen LogP contribution in [-0.2, 0) is 0 Å². The molecule has 8 heteroatoms. The third kappa shape index (κ3) is 4.64. The number of H-pyrrole nitrogens is 1. The summed E-state index contributed by atoms with van der Waals surface area (Å²) in [6.45, 7) is 2.51. The van der Waals surface area contributed by atoms with Gasteiger partial charge in [-0.05, 0) is 43.3 Å². The van der Waals surface area contributed by atoms with E-state index in [4.69, 9.17) is 14.2 Å². The fourth-order valence-corrected chi connectivity index (χ4v) is 3.24. The Morgan fingerprint density at radius 2 is 1.82 bits per heavy atom. The van der Waals surface area contributed by atoms with Crippen LogP contribution in [0.15, 0.2) is 47.6 Å². The van der Waals surface area contributed by atoms with Gasteiger partial charge in [0.1, 0.15) is 17.2 Å². The molecule has 0 fully saturated rings. The molecule has 1 N–H and O–H groups in total.